The molecule has 5 nitrogen and oxygen atoms in total. The van der Waals surface area contributed by atoms with Crippen molar-refractivity contribution in [2.45, 2.75) is 4.90 Å². The largest absolute Gasteiger partial charge is 0.272 e. The van der Waals surface area contributed by atoms with Crippen LogP contribution in [0.25, 0.3) is 0 Å². The minimum absolute atomic E-state index is 0.0160. The summed E-state index contributed by atoms with van der Waals surface area (Å²) in [4.78, 5) is 12.0. The van der Waals surface area contributed by atoms with E-state index in [2.05, 4.69) is 10.5 Å². The molecule has 1 amide bonds. The lowest BCUT2D eigenvalue weighted by molar-refractivity contribution is -0.118. The fourth-order valence-electron chi connectivity index (χ4n) is 1.87. The Hall–Kier alpha value is -1.83. The lowest BCUT2D eigenvalue weighted by Crippen LogP contribution is -2.20. The smallest absolute Gasteiger partial charge is 0.250 e. The number of hydrazone groups is 1. The van der Waals surface area contributed by atoms with Crippen molar-refractivity contribution in [1.29, 1.82) is 0 Å². The molecule has 0 radical (unpaired) electrons. The number of carbonyl (C=O) groups is 1. The highest BCUT2D eigenvalue weighted by atomic mass is 35.5. The third-order valence-electron chi connectivity index (χ3n) is 3.13. The van der Waals surface area contributed by atoms with Crippen molar-refractivity contribution < 1.29 is 13.2 Å². The van der Waals surface area contributed by atoms with Gasteiger partial charge in [-0.15, -0.1) is 0 Å². The molecule has 132 valence electrons. The predicted molar refractivity (Wildman–Crippen MR) is 103 cm³/mol. The van der Waals surface area contributed by atoms with Gasteiger partial charge in [0.15, 0.2) is 9.84 Å². The summed E-state index contributed by atoms with van der Waals surface area (Å²) < 4.78 is 24.2. The molecule has 0 saturated carbocycles. The number of rotatable bonds is 8. The van der Waals surface area contributed by atoms with E-state index >= 15 is 0 Å². The maximum atomic E-state index is 12.1. The summed E-state index contributed by atoms with van der Waals surface area (Å²) in [5.74, 6) is 0.145. The number of sulfone groups is 1. The SMILES string of the molecule is O=C(CSCCS(=O)(=O)c1ccccc1)NN=Cc1ccccc1Cl. The molecule has 0 aliphatic rings. The van der Waals surface area contributed by atoms with Gasteiger partial charge in [0.05, 0.1) is 22.6 Å². The molecule has 0 aromatic heterocycles. The summed E-state index contributed by atoms with van der Waals surface area (Å²) >= 11 is 7.21. The van der Waals surface area contributed by atoms with Gasteiger partial charge in [0.1, 0.15) is 0 Å². The molecule has 0 atom stereocenters. The highest BCUT2D eigenvalue weighted by Crippen LogP contribution is 2.13. The van der Waals surface area contributed by atoms with Gasteiger partial charge in [-0.25, -0.2) is 13.8 Å². The zero-order valence-corrected chi connectivity index (χ0v) is 15.7. The third kappa shape index (κ3) is 6.53. The Labute approximate surface area is 156 Å². The van der Waals surface area contributed by atoms with E-state index in [0.717, 1.165) is 0 Å². The Morgan fingerprint density at radius 2 is 1.80 bits per heavy atom. The molecule has 2 aromatic carbocycles. The van der Waals surface area contributed by atoms with Gasteiger partial charge in [0.2, 0.25) is 5.91 Å². The third-order valence-corrected chi connectivity index (χ3v) is 6.42. The molecule has 25 heavy (non-hydrogen) atoms. The minimum atomic E-state index is -3.31. The second-order valence-corrected chi connectivity index (χ2v) is 8.62. The highest BCUT2D eigenvalue weighted by molar-refractivity contribution is 8.01. The average molecular weight is 397 g/mol. The summed E-state index contributed by atoms with van der Waals surface area (Å²) in [7, 11) is -3.31. The number of benzene rings is 2. The first kappa shape index (κ1) is 19.5. The number of carbonyl (C=O) groups excluding carboxylic acids is 1. The van der Waals surface area contributed by atoms with Gasteiger partial charge in [-0.05, 0) is 18.2 Å². The van der Waals surface area contributed by atoms with Crippen molar-refractivity contribution in [3.05, 3.63) is 65.2 Å². The van der Waals surface area contributed by atoms with Crippen molar-refractivity contribution in [3.8, 4) is 0 Å². The first-order valence-electron chi connectivity index (χ1n) is 7.41. The number of halogens is 1. The number of hydrogen-bond donors (Lipinski definition) is 1. The van der Waals surface area contributed by atoms with Crippen LogP contribution in [0.2, 0.25) is 5.02 Å². The fourth-order valence-corrected chi connectivity index (χ4v) is 4.60. The molecule has 0 fully saturated rings. The molecule has 0 spiro atoms. The Morgan fingerprint density at radius 3 is 2.52 bits per heavy atom. The molecule has 0 aliphatic heterocycles. The summed E-state index contributed by atoms with van der Waals surface area (Å²) in [6.07, 6.45) is 1.46. The van der Waals surface area contributed by atoms with Gasteiger partial charge in [-0.1, -0.05) is 48.0 Å². The first-order valence-corrected chi connectivity index (χ1v) is 10.6. The zero-order chi connectivity index (χ0) is 18.1. The molecule has 0 heterocycles. The Kier molecular flexibility index (Phi) is 7.49. The van der Waals surface area contributed by atoms with E-state index in [1.807, 2.05) is 6.07 Å². The van der Waals surface area contributed by atoms with Gasteiger partial charge in [0, 0.05) is 16.3 Å². The van der Waals surface area contributed by atoms with Crippen LogP contribution < -0.4 is 5.43 Å². The van der Waals surface area contributed by atoms with E-state index in [9.17, 15) is 13.2 Å². The first-order chi connectivity index (χ1) is 12.0. The Balaban J connectivity index is 1.71. The van der Waals surface area contributed by atoms with Crippen LogP contribution in [0.15, 0.2) is 64.6 Å². The molecule has 0 bridgehead atoms. The van der Waals surface area contributed by atoms with Gasteiger partial charge >= 0.3 is 0 Å². The van der Waals surface area contributed by atoms with Crippen LogP contribution in [-0.2, 0) is 14.6 Å². The average Bonchev–Trinajstić information content (AvgIpc) is 2.61. The van der Waals surface area contributed by atoms with Crippen molar-refractivity contribution >= 4 is 45.3 Å². The number of nitrogens with one attached hydrogen (secondary N) is 1. The van der Waals surface area contributed by atoms with Gasteiger partial charge in [-0.2, -0.15) is 16.9 Å². The van der Waals surface area contributed by atoms with E-state index < -0.39 is 9.84 Å². The normalized spacial score (nSPS) is 11.6. The van der Waals surface area contributed by atoms with Crippen LogP contribution in [0.3, 0.4) is 0 Å². The fraction of sp³-hybridized carbons (Fsp3) is 0.176. The summed E-state index contributed by atoms with van der Waals surface area (Å²) in [5.41, 5.74) is 3.09. The maximum absolute atomic E-state index is 12.1. The highest BCUT2D eigenvalue weighted by Gasteiger charge is 2.13. The van der Waals surface area contributed by atoms with Crippen LogP contribution in [0.1, 0.15) is 5.56 Å². The van der Waals surface area contributed by atoms with Crippen molar-refractivity contribution in [2.75, 3.05) is 17.3 Å². The Morgan fingerprint density at radius 1 is 1.12 bits per heavy atom. The van der Waals surface area contributed by atoms with Crippen LogP contribution in [-0.4, -0.2) is 37.8 Å². The number of hydrogen-bond acceptors (Lipinski definition) is 5. The van der Waals surface area contributed by atoms with Crippen LogP contribution >= 0.6 is 23.4 Å². The second kappa shape index (κ2) is 9.60. The maximum Gasteiger partial charge on any atom is 0.250 e. The Bertz CT molecular complexity index is 840. The number of nitrogens with zero attached hydrogens (tertiary/aromatic N) is 1. The summed E-state index contributed by atoms with van der Waals surface area (Å²) in [6.45, 7) is 0. The van der Waals surface area contributed by atoms with Gasteiger partial charge in [0.25, 0.3) is 0 Å². The van der Waals surface area contributed by atoms with Crippen LogP contribution in [0.5, 0.6) is 0 Å². The topological polar surface area (TPSA) is 75.6 Å². The molecule has 2 aromatic rings. The lowest BCUT2D eigenvalue weighted by atomic mass is 10.2. The van der Waals surface area contributed by atoms with E-state index in [1.54, 1.807) is 48.5 Å². The van der Waals surface area contributed by atoms with Crippen molar-refractivity contribution in [1.82, 2.24) is 5.43 Å². The van der Waals surface area contributed by atoms with Gasteiger partial charge in [-0.3, -0.25) is 4.79 Å². The van der Waals surface area contributed by atoms with E-state index in [0.29, 0.717) is 21.2 Å². The van der Waals surface area contributed by atoms with Gasteiger partial charge < -0.3 is 0 Å². The molecule has 0 saturated heterocycles. The molecule has 8 heteroatoms. The van der Waals surface area contributed by atoms with Crippen molar-refractivity contribution in [3.63, 3.8) is 0 Å². The molecule has 0 unspecified atom stereocenters. The molecule has 0 aliphatic carbocycles. The van der Waals surface area contributed by atoms with Crippen LogP contribution in [0.4, 0.5) is 0 Å². The van der Waals surface area contributed by atoms with E-state index in [1.165, 1.54) is 18.0 Å². The molecule has 1 N–H and O–H groups in total. The standard InChI is InChI=1S/C17H17ClN2O3S2/c18-16-9-5-4-6-14(16)12-19-20-17(21)13-24-10-11-25(22,23)15-7-2-1-3-8-15/h1-9,12H,10-11,13H2,(H,20,21). The van der Waals surface area contributed by atoms with Crippen LogP contribution in [0, 0.1) is 0 Å². The quantitative estimate of drug-likeness (QED) is 0.423. The molecular formula is C17H17ClN2O3S2. The lowest BCUT2D eigenvalue weighted by Gasteiger charge is -2.04. The monoisotopic (exact) mass is 396 g/mol. The van der Waals surface area contributed by atoms with E-state index in [-0.39, 0.29) is 17.4 Å². The molecule has 2 rings (SSSR count). The zero-order valence-electron chi connectivity index (χ0n) is 13.3. The van der Waals surface area contributed by atoms with E-state index in [4.69, 9.17) is 11.6 Å². The summed E-state index contributed by atoms with van der Waals surface area (Å²) in [5, 5.41) is 4.38. The number of thioether (sulfide) groups is 1. The number of amides is 1. The second-order valence-electron chi connectivity index (χ2n) is 5.00. The van der Waals surface area contributed by atoms with Crippen molar-refractivity contribution in [2.24, 2.45) is 5.10 Å². The summed E-state index contributed by atoms with van der Waals surface area (Å²) in [6, 6.07) is 15.4. The minimum Gasteiger partial charge on any atom is -0.272 e. The molecular weight excluding hydrogens is 380 g/mol. The predicted octanol–water partition coefficient (Wildman–Crippen LogP) is 3.00.